The smallest absolute Gasteiger partial charge is 0.254 e. The molecule has 1 aliphatic heterocycles. The van der Waals surface area contributed by atoms with Crippen LogP contribution >= 0.6 is 0 Å². The molecule has 23 heavy (non-hydrogen) atoms. The second-order valence-electron chi connectivity index (χ2n) is 6.23. The average molecular weight is 313 g/mol. The number of amides is 1. The molecule has 0 bridgehead atoms. The first-order valence-electron chi connectivity index (χ1n) is 7.98. The summed E-state index contributed by atoms with van der Waals surface area (Å²) < 4.78 is 2.18. The third-order valence-electron chi connectivity index (χ3n) is 4.39. The van der Waals surface area contributed by atoms with Gasteiger partial charge in [0.1, 0.15) is 11.6 Å². The molecule has 0 N–H and O–H groups in total. The van der Waals surface area contributed by atoms with E-state index in [2.05, 4.69) is 14.5 Å². The topological polar surface area (TPSA) is 54.3 Å². The number of carbonyl (C=O) groups is 1. The van der Waals surface area contributed by atoms with E-state index in [1.807, 2.05) is 49.3 Å². The Bertz CT molecular complexity index is 694. The van der Waals surface area contributed by atoms with Crippen molar-refractivity contribution in [3.63, 3.8) is 0 Å². The van der Waals surface area contributed by atoms with Crippen molar-refractivity contribution in [1.29, 1.82) is 0 Å². The second kappa shape index (κ2) is 6.40. The van der Waals surface area contributed by atoms with E-state index in [1.165, 1.54) is 0 Å². The minimum absolute atomic E-state index is 0.0815. The second-order valence-corrected chi connectivity index (χ2v) is 6.23. The molecule has 0 saturated carbocycles. The molecular weight excluding hydrogens is 290 g/mol. The molecular formula is C17H23N5O. The van der Waals surface area contributed by atoms with Gasteiger partial charge in [0.25, 0.3) is 5.91 Å². The molecule has 0 aliphatic carbocycles. The summed E-state index contributed by atoms with van der Waals surface area (Å²) in [6, 6.07) is 3.96. The number of imidazole rings is 1. The van der Waals surface area contributed by atoms with E-state index in [-0.39, 0.29) is 5.91 Å². The Balaban J connectivity index is 1.77. The van der Waals surface area contributed by atoms with Gasteiger partial charge in [-0.3, -0.25) is 4.79 Å². The molecule has 1 fully saturated rings. The highest BCUT2D eigenvalue weighted by Crippen LogP contribution is 2.24. The Kier molecular flexibility index (Phi) is 4.32. The largest absolute Gasteiger partial charge is 0.363 e. The highest BCUT2D eigenvalue weighted by atomic mass is 16.2. The Morgan fingerprint density at radius 3 is 2.83 bits per heavy atom. The highest BCUT2D eigenvalue weighted by Gasteiger charge is 2.26. The fraction of sp³-hybridized carbons (Fsp3) is 0.471. The first-order chi connectivity index (χ1) is 11.1. The van der Waals surface area contributed by atoms with Crippen molar-refractivity contribution in [2.45, 2.75) is 25.8 Å². The van der Waals surface area contributed by atoms with Crippen LogP contribution in [-0.4, -0.2) is 52.5 Å². The van der Waals surface area contributed by atoms with Gasteiger partial charge in [0.05, 0.1) is 6.04 Å². The summed E-state index contributed by atoms with van der Waals surface area (Å²) in [5, 5.41) is 0. The minimum Gasteiger partial charge on any atom is -0.363 e. The predicted octanol–water partition coefficient (Wildman–Crippen LogP) is 2.13. The van der Waals surface area contributed by atoms with Crippen LogP contribution in [0.1, 0.15) is 35.1 Å². The van der Waals surface area contributed by atoms with Crippen molar-refractivity contribution in [2.75, 3.05) is 32.1 Å². The minimum atomic E-state index is 0.0815. The molecule has 2 aromatic rings. The molecule has 3 heterocycles. The number of hydrogen-bond acceptors (Lipinski definition) is 4. The molecule has 0 spiro atoms. The lowest BCUT2D eigenvalue weighted by Gasteiger charge is -2.34. The molecule has 3 rings (SSSR count). The van der Waals surface area contributed by atoms with Crippen LogP contribution < -0.4 is 4.90 Å². The Morgan fingerprint density at radius 2 is 2.13 bits per heavy atom. The van der Waals surface area contributed by atoms with Crippen LogP contribution in [0.4, 0.5) is 5.82 Å². The van der Waals surface area contributed by atoms with Gasteiger partial charge in [-0.25, -0.2) is 9.97 Å². The van der Waals surface area contributed by atoms with Crippen LogP contribution in [0.5, 0.6) is 0 Å². The van der Waals surface area contributed by atoms with E-state index in [1.54, 1.807) is 12.3 Å². The maximum absolute atomic E-state index is 12.8. The molecule has 2 aromatic heterocycles. The molecule has 1 amide bonds. The van der Waals surface area contributed by atoms with Gasteiger partial charge >= 0.3 is 0 Å². The lowest BCUT2D eigenvalue weighted by atomic mass is 10.0. The number of carbonyl (C=O) groups excluding carboxylic acids is 1. The van der Waals surface area contributed by atoms with Crippen LogP contribution in [-0.2, 0) is 0 Å². The first kappa shape index (κ1) is 15.5. The van der Waals surface area contributed by atoms with Crippen molar-refractivity contribution in [1.82, 2.24) is 19.4 Å². The molecule has 1 saturated heterocycles. The highest BCUT2D eigenvalue weighted by molar-refractivity contribution is 5.94. The van der Waals surface area contributed by atoms with Crippen molar-refractivity contribution in [2.24, 2.45) is 0 Å². The Hall–Kier alpha value is -2.37. The number of hydrogen-bond donors (Lipinski definition) is 0. The SMILES string of the molecule is Cc1nccn1[C@@H]1CCCN(C(=O)c2ccnc(N(C)C)c2)C1. The lowest BCUT2D eigenvalue weighted by molar-refractivity contribution is 0.0678. The fourth-order valence-corrected chi connectivity index (χ4v) is 3.12. The van der Waals surface area contributed by atoms with E-state index >= 15 is 0 Å². The number of anilines is 1. The summed E-state index contributed by atoms with van der Waals surface area (Å²) in [6.45, 7) is 3.55. The van der Waals surface area contributed by atoms with Crippen LogP contribution in [0.15, 0.2) is 30.7 Å². The zero-order valence-corrected chi connectivity index (χ0v) is 13.9. The van der Waals surface area contributed by atoms with E-state index in [4.69, 9.17) is 0 Å². The van der Waals surface area contributed by atoms with Crippen LogP contribution in [0.25, 0.3) is 0 Å². The maximum atomic E-state index is 12.8. The fourth-order valence-electron chi connectivity index (χ4n) is 3.12. The summed E-state index contributed by atoms with van der Waals surface area (Å²) >= 11 is 0. The van der Waals surface area contributed by atoms with Crippen molar-refractivity contribution in [3.8, 4) is 0 Å². The third kappa shape index (κ3) is 3.21. The standard InChI is InChI=1S/C17H23N5O/c1-13-18-8-10-22(13)15-5-4-9-21(12-15)17(23)14-6-7-19-16(11-14)20(2)3/h6-8,10-11,15H,4-5,9,12H2,1-3H3/t15-/m1/s1. The molecule has 0 unspecified atom stereocenters. The van der Waals surface area contributed by atoms with Gasteiger partial charge in [-0.1, -0.05) is 0 Å². The van der Waals surface area contributed by atoms with Crippen molar-refractivity contribution >= 4 is 11.7 Å². The van der Waals surface area contributed by atoms with Gasteiger partial charge < -0.3 is 14.4 Å². The van der Waals surface area contributed by atoms with E-state index < -0.39 is 0 Å². The summed E-state index contributed by atoms with van der Waals surface area (Å²) in [5.74, 6) is 1.89. The molecule has 6 heteroatoms. The Morgan fingerprint density at radius 1 is 1.30 bits per heavy atom. The van der Waals surface area contributed by atoms with E-state index in [0.29, 0.717) is 11.6 Å². The zero-order chi connectivity index (χ0) is 16.4. The molecule has 0 radical (unpaired) electrons. The van der Waals surface area contributed by atoms with Gasteiger partial charge in [0, 0.05) is 51.3 Å². The number of pyridine rings is 1. The van der Waals surface area contributed by atoms with Crippen molar-refractivity contribution in [3.05, 3.63) is 42.1 Å². The molecule has 1 atom stereocenters. The third-order valence-corrected chi connectivity index (χ3v) is 4.39. The summed E-state index contributed by atoms with van der Waals surface area (Å²) in [7, 11) is 3.85. The van der Waals surface area contributed by atoms with Crippen LogP contribution in [0.2, 0.25) is 0 Å². The predicted molar refractivity (Wildman–Crippen MR) is 89.7 cm³/mol. The molecule has 1 aliphatic rings. The number of likely N-dealkylation sites (tertiary alicyclic amines) is 1. The molecule has 0 aromatic carbocycles. The van der Waals surface area contributed by atoms with Gasteiger partial charge in [0.15, 0.2) is 0 Å². The Labute approximate surface area is 136 Å². The molecule has 6 nitrogen and oxygen atoms in total. The normalized spacial score (nSPS) is 18.0. The zero-order valence-electron chi connectivity index (χ0n) is 13.9. The van der Waals surface area contributed by atoms with Gasteiger partial charge in [0.2, 0.25) is 0 Å². The summed E-state index contributed by atoms with van der Waals surface area (Å²) in [5.41, 5.74) is 0.701. The quantitative estimate of drug-likeness (QED) is 0.871. The maximum Gasteiger partial charge on any atom is 0.254 e. The number of rotatable bonds is 3. The summed E-state index contributed by atoms with van der Waals surface area (Å²) in [6.07, 6.45) is 7.62. The number of aromatic nitrogens is 3. The van der Waals surface area contributed by atoms with Crippen molar-refractivity contribution < 1.29 is 4.79 Å². The van der Waals surface area contributed by atoms with Crippen LogP contribution in [0, 0.1) is 6.92 Å². The van der Waals surface area contributed by atoms with E-state index in [9.17, 15) is 4.79 Å². The van der Waals surface area contributed by atoms with Gasteiger partial charge in [-0.15, -0.1) is 0 Å². The lowest BCUT2D eigenvalue weighted by Crippen LogP contribution is -2.40. The van der Waals surface area contributed by atoms with E-state index in [0.717, 1.165) is 37.6 Å². The number of piperidine rings is 1. The monoisotopic (exact) mass is 313 g/mol. The molecule has 122 valence electrons. The van der Waals surface area contributed by atoms with Gasteiger partial charge in [-0.05, 0) is 31.9 Å². The number of nitrogens with zero attached hydrogens (tertiary/aromatic N) is 5. The average Bonchev–Trinajstić information content (AvgIpc) is 3.00. The summed E-state index contributed by atoms with van der Waals surface area (Å²) in [4.78, 5) is 25.3. The number of aryl methyl sites for hydroxylation is 1. The van der Waals surface area contributed by atoms with Crippen LogP contribution in [0.3, 0.4) is 0 Å². The van der Waals surface area contributed by atoms with Gasteiger partial charge in [-0.2, -0.15) is 0 Å². The first-order valence-corrected chi connectivity index (χ1v) is 7.98.